The fourth-order valence-corrected chi connectivity index (χ4v) is 3.46. The molecule has 0 spiro atoms. The second kappa shape index (κ2) is 6.01. The highest BCUT2D eigenvalue weighted by Gasteiger charge is 2.28. The lowest BCUT2D eigenvalue weighted by Gasteiger charge is -2.23. The van der Waals surface area contributed by atoms with Crippen LogP contribution < -0.4 is 5.32 Å². The molecule has 1 aromatic heterocycles. The van der Waals surface area contributed by atoms with Gasteiger partial charge in [-0.2, -0.15) is 0 Å². The van der Waals surface area contributed by atoms with E-state index in [4.69, 9.17) is 16.3 Å². The van der Waals surface area contributed by atoms with Crippen LogP contribution in [0.3, 0.4) is 0 Å². The van der Waals surface area contributed by atoms with Gasteiger partial charge in [-0.05, 0) is 30.8 Å². The third-order valence-electron chi connectivity index (χ3n) is 2.98. The van der Waals surface area contributed by atoms with Crippen molar-refractivity contribution in [2.75, 3.05) is 19.8 Å². The van der Waals surface area contributed by atoms with Gasteiger partial charge in [-0.1, -0.05) is 18.5 Å². The van der Waals surface area contributed by atoms with Crippen LogP contribution in [0.2, 0.25) is 5.02 Å². The van der Waals surface area contributed by atoms with Crippen molar-refractivity contribution in [2.24, 2.45) is 5.92 Å². The number of nitrogens with one attached hydrogen (secondary N) is 1. The monoisotopic (exact) mass is 259 g/mol. The Hall–Kier alpha value is -0.0900. The van der Waals surface area contributed by atoms with Gasteiger partial charge in [0.15, 0.2) is 0 Å². The van der Waals surface area contributed by atoms with E-state index in [9.17, 15) is 0 Å². The summed E-state index contributed by atoms with van der Waals surface area (Å²) in [6, 6.07) is 2.35. The molecule has 90 valence electrons. The van der Waals surface area contributed by atoms with Crippen molar-refractivity contribution in [1.29, 1.82) is 0 Å². The highest BCUT2D eigenvalue weighted by atomic mass is 35.5. The molecule has 2 heterocycles. The molecule has 0 radical (unpaired) electrons. The summed E-state index contributed by atoms with van der Waals surface area (Å²) in [5.74, 6) is 0.572. The number of halogens is 1. The number of hydrogen-bond acceptors (Lipinski definition) is 3. The summed E-state index contributed by atoms with van der Waals surface area (Å²) in [6.07, 6.45) is 2.28. The number of rotatable bonds is 5. The largest absolute Gasteiger partial charge is 0.381 e. The van der Waals surface area contributed by atoms with E-state index in [0.717, 1.165) is 37.6 Å². The van der Waals surface area contributed by atoms with Gasteiger partial charge in [0.2, 0.25) is 0 Å². The Morgan fingerprint density at radius 1 is 1.69 bits per heavy atom. The molecule has 1 aliphatic heterocycles. The average Bonchev–Trinajstić information content (AvgIpc) is 2.91. The zero-order chi connectivity index (χ0) is 11.4. The predicted molar refractivity (Wildman–Crippen MR) is 69.3 cm³/mol. The lowest BCUT2D eigenvalue weighted by atomic mass is 9.97. The number of thiophene rings is 1. The van der Waals surface area contributed by atoms with Crippen molar-refractivity contribution in [3.8, 4) is 0 Å². The van der Waals surface area contributed by atoms with Gasteiger partial charge in [-0.3, -0.25) is 0 Å². The first kappa shape index (κ1) is 12.4. The molecule has 2 nitrogen and oxygen atoms in total. The SMILES string of the molecule is CCCNC(c1sccc1Cl)C1CCOC1. The summed E-state index contributed by atoms with van der Waals surface area (Å²) < 4.78 is 5.48. The number of hydrogen-bond donors (Lipinski definition) is 1. The molecule has 1 N–H and O–H groups in total. The fraction of sp³-hybridized carbons (Fsp3) is 0.667. The minimum absolute atomic E-state index is 0.370. The maximum absolute atomic E-state index is 6.22. The molecule has 16 heavy (non-hydrogen) atoms. The van der Waals surface area contributed by atoms with Gasteiger partial charge in [0.05, 0.1) is 11.6 Å². The summed E-state index contributed by atoms with van der Waals surface area (Å²) in [5, 5.41) is 6.56. The quantitative estimate of drug-likeness (QED) is 0.874. The fourth-order valence-electron chi connectivity index (χ4n) is 2.12. The maximum atomic E-state index is 6.22. The highest BCUT2D eigenvalue weighted by Crippen LogP contribution is 2.36. The van der Waals surface area contributed by atoms with Gasteiger partial charge in [0, 0.05) is 23.4 Å². The zero-order valence-electron chi connectivity index (χ0n) is 9.54. The van der Waals surface area contributed by atoms with Crippen LogP contribution in [0.15, 0.2) is 11.4 Å². The summed E-state index contributed by atoms with van der Waals surface area (Å²) in [5.41, 5.74) is 0. The third kappa shape index (κ3) is 2.77. The van der Waals surface area contributed by atoms with Crippen LogP contribution in [-0.4, -0.2) is 19.8 Å². The first-order valence-electron chi connectivity index (χ1n) is 5.87. The smallest absolute Gasteiger partial charge is 0.0561 e. The van der Waals surface area contributed by atoms with Gasteiger partial charge in [0.1, 0.15) is 0 Å². The van der Waals surface area contributed by atoms with Crippen LogP contribution in [-0.2, 0) is 4.74 Å². The number of ether oxygens (including phenoxy) is 1. The molecule has 0 aromatic carbocycles. The summed E-state index contributed by atoms with van der Waals surface area (Å²) in [6.45, 7) is 4.97. The van der Waals surface area contributed by atoms with Crippen molar-refractivity contribution in [2.45, 2.75) is 25.8 Å². The summed E-state index contributed by atoms with van der Waals surface area (Å²) >= 11 is 7.97. The minimum Gasteiger partial charge on any atom is -0.381 e. The van der Waals surface area contributed by atoms with Crippen LogP contribution in [0, 0.1) is 5.92 Å². The van der Waals surface area contributed by atoms with E-state index in [0.29, 0.717) is 12.0 Å². The lowest BCUT2D eigenvalue weighted by Crippen LogP contribution is -2.28. The molecular weight excluding hydrogens is 242 g/mol. The maximum Gasteiger partial charge on any atom is 0.0561 e. The van der Waals surface area contributed by atoms with E-state index >= 15 is 0 Å². The van der Waals surface area contributed by atoms with E-state index in [1.807, 2.05) is 6.07 Å². The van der Waals surface area contributed by atoms with Crippen molar-refractivity contribution in [1.82, 2.24) is 5.32 Å². The lowest BCUT2D eigenvalue weighted by molar-refractivity contribution is 0.177. The van der Waals surface area contributed by atoms with Gasteiger partial charge < -0.3 is 10.1 Å². The molecule has 2 atom stereocenters. The summed E-state index contributed by atoms with van der Waals surface area (Å²) in [4.78, 5) is 1.27. The first-order valence-corrected chi connectivity index (χ1v) is 7.12. The Morgan fingerprint density at radius 3 is 3.12 bits per heavy atom. The zero-order valence-corrected chi connectivity index (χ0v) is 11.1. The van der Waals surface area contributed by atoms with Crippen LogP contribution in [0.5, 0.6) is 0 Å². The first-order chi connectivity index (χ1) is 7.83. The van der Waals surface area contributed by atoms with Gasteiger partial charge in [0.25, 0.3) is 0 Å². The second-order valence-electron chi connectivity index (χ2n) is 4.19. The molecule has 1 fully saturated rings. The van der Waals surface area contributed by atoms with E-state index in [1.165, 1.54) is 4.88 Å². The topological polar surface area (TPSA) is 21.3 Å². The standard InChI is InChI=1S/C12H18ClNOS/c1-2-5-14-11(9-3-6-15-8-9)12-10(13)4-7-16-12/h4,7,9,11,14H,2-3,5-6,8H2,1H3. The van der Waals surface area contributed by atoms with Gasteiger partial charge in [-0.25, -0.2) is 0 Å². The second-order valence-corrected chi connectivity index (χ2v) is 5.54. The van der Waals surface area contributed by atoms with Crippen LogP contribution >= 0.6 is 22.9 Å². The summed E-state index contributed by atoms with van der Waals surface area (Å²) in [7, 11) is 0. The molecule has 1 saturated heterocycles. The Kier molecular flexibility index (Phi) is 4.65. The van der Waals surface area contributed by atoms with Crippen LogP contribution in [0.25, 0.3) is 0 Å². The van der Waals surface area contributed by atoms with E-state index in [-0.39, 0.29) is 0 Å². The highest BCUT2D eigenvalue weighted by molar-refractivity contribution is 7.10. The molecule has 1 aromatic rings. The Bertz CT molecular complexity index is 323. The van der Waals surface area contributed by atoms with Crippen molar-refractivity contribution in [3.63, 3.8) is 0 Å². The van der Waals surface area contributed by atoms with E-state index < -0.39 is 0 Å². The van der Waals surface area contributed by atoms with Gasteiger partial charge >= 0.3 is 0 Å². The molecular formula is C12H18ClNOS. The van der Waals surface area contributed by atoms with Crippen molar-refractivity contribution in [3.05, 3.63) is 21.3 Å². The molecule has 0 bridgehead atoms. The molecule has 0 aliphatic carbocycles. The van der Waals surface area contributed by atoms with Crippen molar-refractivity contribution < 1.29 is 4.74 Å². The van der Waals surface area contributed by atoms with Gasteiger partial charge in [-0.15, -0.1) is 11.3 Å². The van der Waals surface area contributed by atoms with Crippen molar-refractivity contribution >= 4 is 22.9 Å². The molecule has 2 rings (SSSR count). The Morgan fingerprint density at radius 2 is 2.56 bits per heavy atom. The van der Waals surface area contributed by atoms with E-state index in [1.54, 1.807) is 11.3 Å². The third-order valence-corrected chi connectivity index (χ3v) is 4.42. The predicted octanol–water partition coefficient (Wildman–Crippen LogP) is 3.48. The molecule has 1 aliphatic rings. The Balaban J connectivity index is 2.10. The minimum atomic E-state index is 0.370. The molecule has 2 unspecified atom stereocenters. The van der Waals surface area contributed by atoms with Crippen LogP contribution in [0.4, 0.5) is 0 Å². The van der Waals surface area contributed by atoms with Crippen LogP contribution in [0.1, 0.15) is 30.7 Å². The Labute approximate surface area is 106 Å². The molecule has 0 saturated carbocycles. The normalized spacial score (nSPS) is 22.5. The molecule has 0 amide bonds. The van der Waals surface area contributed by atoms with E-state index in [2.05, 4.69) is 17.6 Å². The average molecular weight is 260 g/mol. The molecule has 4 heteroatoms.